The molecule has 6 aromatic rings. The van der Waals surface area contributed by atoms with E-state index < -0.39 is 0 Å². The minimum atomic E-state index is -0.301. The van der Waals surface area contributed by atoms with Crippen LogP contribution in [-0.2, 0) is 5.41 Å². The lowest BCUT2D eigenvalue weighted by Crippen LogP contribution is -2.25. The highest BCUT2D eigenvalue weighted by Gasteiger charge is 2.52. The molecular weight excluding hydrogens is 420 g/mol. The average Bonchev–Trinajstić information content (AvgIpc) is 3.34. The molecule has 0 N–H and O–H groups in total. The lowest BCUT2D eigenvalue weighted by atomic mass is 9.70. The van der Waals surface area contributed by atoms with Crippen LogP contribution in [0.2, 0.25) is 0 Å². The highest BCUT2D eigenvalue weighted by Crippen LogP contribution is 2.64. The number of aryl methyl sites for hydroxylation is 2. The lowest BCUT2D eigenvalue weighted by molar-refractivity contribution is 0.794. The summed E-state index contributed by atoms with van der Waals surface area (Å²) in [5.74, 6) is 0. The van der Waals surface area contributed by atoms with Gasteiger partial charge in [-0.2, -0.15) is 0 Å². The number of hydrogen-bond acceptors (Lipinski definition) is 0. The van der Waals surface area contributed by atoms with Gasteiger partial charge in [0, 0.05) is 0 Å². The average molecular weight is 445 g/mol. The monoisotopic (exact) mass is 444 g/mol. The molecule has 0 amide bonds. The van der Waals surface area contributed by atoms with E-state index in [0.29, 0.717) is 0 Å². The summed E-state index contributed by atoms with van der Waals surface area (Å²) in [6.45, 7) is 4.42. The zero-order valence-corrected chi connectivity index (χ0v) is 19.9. The smallest absolute Gasteiger partial charge is 0.0616 e. The van der Waals surface area contributed by atoms with Crippen LogP contribution >= 0.6 is 0 Å². The molecule has 6 aromatic carbocycles. The van der Waals surface area contributed by atoms with Crippen LogP contribution in [0.15, 0.2) is 109 Å². The fourth-order valence-corrected chi connectivity index (χ4v) is 7.00. The molecule has 0 heteroatoms. The van der Waals surface area contributed by atoms with E-state index in [4.69, 9.17) is 0 Å². The van der Waals surface area contributed by atoms with Crippen LogP contribution in [-0.4, -0.2) is 0 Å². The first-order valence-corrected chi connectivity index (χ1v) is 12.5. The summed E-state index contributed by atoms with van der Waals surface area (Å²) in [7, 11) is 0. The SMILES string of the molecule is Cc1ccc2c(c1)-c1c(ccc3ccccc13)C21c2ccc(C)cc2-c2c1ccc1ccccc21. The maximum Gasteiger partial charge on any atom is 0.0725 e. The van der Waals surface area contributed by atoms with Crippen molar-refractivity contribution in [2.45, 2.75) is 19.3 Å². The van der Waals surface area contributed by atoms with Crippen LogP contribution in [0, 0.1) is 13.8 Å². The molecule has 0 aromatic heterocycles. The molecule has 35 heavy (non-hydrogen) atoms. The minimum Gasteiger partial charge on any atom is -0.0616 e. The Balaban J connectivity index is 1.64. The van der Waals surface area contributed by atoms with Gasteiger partial charge >= 0.3 is 0 Å². The van der Waals surface area contributed by atoms with E-state index in [1.165, 1.54) is 77.2 Å². The van der Waals surface area contributed by atoms with Crippen molar-refractivity contribution in [3.05, 3.63) is 143 Å². The highest BCUT2D eigenvalue weighted by molar-refractivity contribution is 6.09. The van der Waals surface area contributed by atoms with Crippen molar-refractivity contribution in [2.24, 2.45) is 0 Å². The predicted octanol–water partition coefficient (Wildman–Crippen LogP) is 8.95. The molecular formula is C35H24. The van der Waals surface area contributed by atoms with E-state index in [9.17, 15) is 0 Å². The molecule has 0 radical (unpaired) electrons. The molecule has 0 unspecified atom stereocenters. The van der Waals surface area contributed by atoms with Gasteiger partial charge in [0.15, 0.2) is 0 Å². The first kappa shape index (κ1) is 19.2. The van der Waals surface area contributed by atoms with Crippen molar-refractivity contribution in [3.8, 4) is 22.3 Å². The van der Waals surface area contributed by atoms with Gasteiger partial charge in [0.05, 0.1) is 5.41 Å². The number of fused-ring (bicyclic) bond motifs is 14. The Labute approximate surface area is 205 Å². The zero-order valence-electron chi connectivity index (χ0n) is 19.9. The number of rotatable bonds is 0. The molecule has 0 saturated carbocycles. The van der Waals surface area contributed by atoms with Gasteiger partial charge in [-0.15, -0.1) is 0 Å². The summed E-state index contributed by atoms with van der Waals surface area (Å²) in [6, 6.07) is 41.4. The predicted molar refractivity (Wildman–Crippen MR) is 147 cm³/mol. The molecule has 1 spiro atoms. The van der Waals surface area contributed by atoms with Crippen molar-refractivity contribution >= 4 is 21.5 Å². The Morgan fingerprint density at radius 1 is 0.429 bits per heavy atom. The van der Waals surface area contributed by atoms with Crippen LogP contribution in [0.5, 0.6) is 0 Å². The van der Waals surface area contributed by atoms with Gasteiger partial charge in [-0.25, -0.2) is 0 Å². The van der Waals surface area contributed by atoms with Crippen LogP contribution < -0.4 is 0 Å². The van der Waals surface area contributed by atoms with Crippen molar-refractivity contribution in [1.29, 1.82) is 0 Å². The molecule has 164 valence electrons. The quantitative estimate of drug-likeness (QED) is 0.219. The minimum absolute atomic E-state index is 0.301. The van der Waals surface area contributed by atoms with Gasteiger partial charge in [-0.3, -0.25) is 0 Å². The largest absolute Gasteiger partial charge is 0.0725 e. The third-order valence-corrected chi connectivity index (χ3v) is 8.36. The topological polar surface area (TPSA) is 0 Å². The first-order valence-electron chi connectivity index (χ1n) is 12.5. The van der Waals surface area contributed by atoms with Crippen LogP contribution in [0.3, 0.4) is 0 Å². The second-order valence-electron chi connectivity index (χ2n) is 10.3. The van der Waals surface area contributed by atoms with E-state index in [1.54, 1.807) is 0 Å². The molecule has 0 bridgehead atoms. The van der Waals surface area contributed by atoms with Crippen LogP contribution in [0.1, 0.15) is 33.4 Å². The fraction of sp³-hybridized carbons (Fsp3) is 0.0857. The summed E-state index contributed by atoms with van der Waals surface area (Å²) in [5, 5.41) is 5.29. The molecule has 0 nitrogen and oxygen atoms in total. The molecule has 0 aliphatic heterocycles. The van der Waals surface area contributed by atoms with Crippen molar-refractivity contribution < 1.29 is 0 Å². The fourth-order valence-electron chi connectivity index (χ4n) is 7.00. The van der Waals surface area contributed by atoms with Crippen molar-refractivity contribution in [1.82, 2.24) is 0 Å². The summed E-state index contributed by atoms with van der Waals surface area (Å²) < 4.78 is 0. The third-order valence-electron chi connectivity index (χ3n) is 8.36. The van der Waals surface area contributed by atoms with Gasteiger partial charge in [-0.1, -0.05) is 120 Å². The van der Waals surface area contributed by atoms with E-state index in [0.717, 1.165) is 0 Å². The summed E-state index contributed by atoms with van der Waals surface area (Å²) in [5.41, 5.74) is 13.5. The van der Waals surface area contributed by atoms with Gasteiger partial charge in [0.1, 0.15) is 0 Å². The molecule has 0 heterocycles. The van der Waals surface area contributed by atoms with Crippen molar-refractivity contribution in [3.63, 3.8) is 0 Å². The second-order valence-corrected chi connectivity index (χ2v) is 10.3. The first-order chi connectivity index (χ1) is 17.2. The van der Waals surface area contributed by atoms with E-state index in [2.05, 4.69) is 123 Å². The summed E-state index contributed by atoms with van der Waals surface area (Å²) in [4.78, 5) is 0. The molecule has 0 atom stereocenters. The van der Waals surface area contributed by atoms with E-state index in [1.807, 2.05) is 0 Å². The van der Waals surface area contributed by atoms with Gasteiger partial charge < -0.3 is 0 Å². The summed E-state index contributed by atoms with van der Waals surface area (Å²) >= 11 is 0. The van der Waals surface area contributed by atoms with Gasteiger partial charge in [0.2, 0.25) is 0 Å². The Morgan fingerprint density at radius 3 is 1.34 bits per heavy atom. The maximum atomic E-state index is 2.41. The van der Waals surface area contributed by atoms with Gasteiger partial charge in [-0.05, 0) is 79.9 Å². The Bertz CT molecular complexity index is 1730. The zero-order chi connectivity index (χ0) is 23.3. The summed E-state index contributed by atoms with van der Waals surface area (Å²) in [6.07, 6.45) is 0. The third kappa shape index (κ3) is 2.23. The molecule has 0 saturated heterocycles. The Morgan fingerprint density at radius 2 is 0.857 bits per heavy atom. The maximum absolute atomic E-state index is 2.41. The van der Waals surface area contributed by atoms with E-state index in [-0.39, 0.29) is 5.41 Å². The number of hydrogen-bond donors (Lipinski definition) is 0. The molecule has 2 aliphatic rings. The Kier molecular flexibility index (Phi) is 3.56. The molecule has 2 aliphatic carbocycles. The second kappa shape index (κ2) is 6.49. The van der Waals surface area contributed by atoms with Crippen LogP contribution in [0.25, 0.3) is 43.8 Å². The van der Waals surface area contributed by atoms with Crippen molar-refractivity contribution in [2.75, 3.05) is 0 Å². The van der Waals surface area contributed by atoms with Gasteiger partial charge in [0.25, 0.3) is 0 Å². The Hall–Kier alpha value is -4.16. The number of benzene rings is 6. The van der Waals surface area contributed by atoms with Crippen LogP contribution in [0.4, 0.5) is 0 Å². The highest BCUT2D eigenvalue weighted by atomic mass is 14.5. The molecule has 0 fully saturated rings. The molecule has 8 rings (SSSR count). The normalized spacial score (nSPS) is 14.2. The van der Waals surface area contributed by atoms with E-state index >= 15 is 0 Å². The standard InChI is InChI=1S/C35H24/c1-21-11-15-29-27(19-21)33-25-9-5-3-7-23(25)13-17-31(33)35(29)30-16-12-22(2)20-28(30)34-26-10-6-4-8-24(26)14-18-32(34)35/h3-20H,1-2H3. The lowest BCUT2D eigenvalue weighted by Gasteiger charge is -2.30.